The Bertz CT molecular complexity index is 956. The Labute approximate surface area is 179 Å². The summed E-state index contributed by atoms with van der Waals surface area (Å²) in [4.78, 5) is 30.6. The van der Waals surface area contributed by atoms with Crippen molar-refractivity contribution >= 4 is 17.5 Å². The van der Waals surface area contributed by atoms with Crippen molar-refractivity contribution in [2.45, 2.75) is 57.7 Å². The fraction of sp³-hybridized carbons (Fsp3) is 0.435. The van der Waals surface area contributed by atoms with Gasteiger partial charge in [0, 0.05) is 18.1 Å². The molecule has 1 aromatic carbocycles. The third-order valence-electron chi connectivity index (χ3n) is 6.24. The van der Waals surface area contributed by atoms with Crippen molar-refractivity contribution < 1.29 is 22.8 Å². The average molecular weight is 433 g/mol. The Balaban J connectivity index is 2.37. The minimum atomic E-state index is -5.19. The number of benzene rings is 1. The van der Waals surface area contributed by atoms with E-state index >= 15 is 0 Å². The molecular formula is C23H26F3N3O2. The first kappa shape index (κ1) is 22.8. The number of alkyl halides is 3. The van der Waals surface area contributed by atoms with Crippen molar-refractivity contribution in [1.82, 2.24) is 4.98 Å². The van der Waals surface area contributed by atoms with Crippen molar-refractivity contribution in [2.75, 3.05) is 4.90 Å². The molecule has 0 aliphatic heterocycles. The summed E-state index contributed by atoms with van der Waals surface area (Å²) in [7, 11) is 0. The molecule has 0 radical (unpaired) electrons. The average Bonchev–Trinajstić information content (AvgIpc) is 2.74. The second-order valence-corrected chi connectivity index (χ2v) is 8.11. The maximum absolute atomic E-state index is 13.9. The second-order valence-electron chi connectivity index (χ2n) is 8.11. The van der Waals surface area contributed by atoms with Gasteiger partial charge in [0.25, 0.3) is 0 Å². The molecule has 1 atom stereocenters. The van der Waals surface area contributed by atoms with E-state index in [1.807, 2.05) is 6.92 Å². The zero-order valence-electron chi connectivity index (χ0n) is 17.6. The molecule has 31 heavy (non-hydrogen) atoms. The fourth-order valence-electron chi connectivity index (χ4n) is 4.60. The van der Waals surface area contributed by atoms with Crippen LogP contribution in [0, 0.1) is 19.8 Å². The molecule has 166 valence electrons. The Hall–Kier alpha value is -2.90. The number of nitrogens with two attached hydrogens (primary N) is 1. The zero-order valence-corrected chi connectivity index (χ0v) is 17.6. The zero-order chi connectivity index (χ0) is 22.8. The number of hydrogen-bond donors (Lipinski definition) is 1. The summed E-state index contributed by atoms with van der Waals surface area (Å²) >= 11 is 0. The number of primary amides is 1. The van der Waals surface area contributed by atoms with Crippen LogP contribution in [0.25, 0.3) is 0 Å². The number of hydrogen-bond acceptors (Lipinski definition) is 3. The van der Waals surface area contributed by atoms with Crippen LogP contribution in [0.4, 0.5) is 18.9 Å². The number of carbonyl (C=O) groups is 2. The van der Waals surface area contributed by atoms with Crippen molar-refractivity contribution in [3.8, 4) is 0 Å². The lowest BCUT2D eigenvalue weighted by molar-refractivity contribution is -0.173. The second kappa shape index (κ2) is 8.69. The lowest BCUT2D eigenvalue weighted by Crippen LogP contribution is -2.64. The quantitative estimate of drug-likeness (QED) is 0.751. The number of carbonyl (C=O) groups excluding carboxylic acids is 2. The molecule has 3 rings (SSSR count). The minimum absolute atomic E-state index is 0.00777. The normalized spacial score (nSPS) is 17.1. The van der Waals surface area contributed by atoms with E-state index in [4.69, 9.17) is 5.73 Å². The maximum atomic E-state index is 13.9. The van der Waals surface area contributed by atoms with Crippen LogP contribution < -0.4 is 10.6 Å². The number of rotatable bonds is 5. The first-order valence-corrected chi connectivity index (χ1v) is 10.3. The van der Waals surface area contributed by atoms with Gasteiger partial charge in [-0.1, -0.05) is 25.3 Å². The monoisotopic (exact) mass is 433 g/mol. The number of amides is 2. The van der Waals surface area contributed by atoms with Gasteiger partial charge in [-0.15, -0.1) is 0 Å². The number of anilines is 1. The molecule has 1 aromatic heterocycles. The smallest absolute Gasteiger partial charge is 0.367 e. The summed E-state index contributed by atoms with van der Waals surface area (Å²) in [5.41, 5.74) is 5.70. The molecule has 1 heterocycles. The van der Waals surface area contributed by atoms with Crippen molar-refractivity contribution in [1.29, 1.82) is 0 Å². The molecule has 1 unspecified atom stereocenters. The van der Waals surface area contributed by atoms with E-state index in [1.54, 1.807) is 13.0 Å². The van der Waals surface area contributed by atoms with E-state index in [2.05, 4.69) is 4.98 Å². The number of pyridine rings is 1. The third kappa shape index (κ3) is 4.16. The Morgan fingerprint density at radius 2 is 1.61 bits per heavy atom. The van der Waals surface area contributed by atoms with Crippen LogP contribution in [-0.4, -0.2) is 23.0 Å². The minimum Gasteiger partial charge on any atom is -0.367 e. The molecule has 0 spiro atoms. The Morgan fingerprint density at radius 1 is 1.00 bits per heavy atom. The van der Waals surface area contributed by atoms with Gasteiger partial charge in [0.2, 0.25) is 5.91 Å². The van der Waals surface area contributed by atoms with Crippen LogP contribution in [-0.2, 0) is 15.1 Å². The number of aryl methyl sites for hydroxylation is 2. The number of aromatic nitrogens is 1. The highest BCUT2D eigenvalue weighted by Gasteiger charge is 2.58. The molecule has 1 fully saturated rings. The SMILES string of the molecule is Cc1ccc(N(C(=O)C(F)(F)F)C(C(N)=O)(c2ccncc2)C2CCCCC2)cc1C. The van der Waals surface area contributed by atoms with Gasteiger partial charge in [0.05, 0.1) is 0 Å². The molecule has 2 N–H and O–H groups in total. The molecule has 8 heteroatoms. The molecule has 1 aliphatic rings. The standard InChI is InChI=1S/C23H26F3N3O2/c1-15-8-9-19(14-16(15)2)29(21(31)23(24,25)26)22(20(27)30,17-6-4-3-5-7-17)18-10-12-28-13-11-18/h8-14,17H,3-7H2,1-2H3,(H2,27,30). The summed E-state index contributed by atoms with van der Waals surface area (Å²) in [6.07, 6.45) is 0.964. The van der Waals surface area contributed by atoms with Gasteiger partial charge >= 0.3 is 12.1 Å². The van der Waals surface area contributed by atoms with Crippen LogP contribution in [0.5, 0.6) is 0 Å². The Kier molecular flexibility index (Phi) is 6.38. The van der Waals surface area contributed by atoms with E-state index in [1.165, 1.54) is 36.7 Å². The summed E-state index contributed by atoms with van der Waals surface area (Å²) < 4.78 is 41.7. The predicted octanol–water partition coefficient (Wildman–Crippen LogP) is 4.55. The lowest BCUT2D eigenvalue weighted by Gasteiger charge is -2.48. The van der Waals surface area contributed by atoms with Gasteiger partial charge in [-0.2, -0.15) is 13.2 Å². The van der Waals surface area contributed by atoms with Gasteiger partial charge in [-0.05, 0) is 73.6 Å². The summed E-state index contributed by atoms with van der Waals surface area (Å²) in [6.45, 7) is 3.56. The van der Waals surface area contributed by atoms with Gasteiger partial charge in [0.15, 0.2) is 5.54 Å². The highest BCUT2D eigenvalue weighted by molar-refractivity contribution is 6.06. The van der Waals surface area contributed by atoms with Gasteiger partial charge in [0.1, 0.15) is 0 Å². The lowest BCUT2D eigenvalue weighted by atomic mass is 9.69. The Morgan fingerprint density at radius 3 is 2.13 bits per heavy atom. The highest BCUT2D eigenvalue weighted by Crippen LogP contribution is 2.47. The van der Waals surface area contributed by atoms with Crippen LogP contribution >= 0.6 is 0 Å². The van der Waals surface area contributed by atoms with E-state index in [9.17, 15) is 22.8 Å². The first-order chi connectivity index (χ1) is 14.6. The summed E-state index contributed by atoms with van der Waals surface area (Å²) in [5.74, 6) is -3.66. The molecule has 0 saturated heterocycles. The molecule has 1 saturated carbocycles. The van der Waals surface area contributed by atoms with Crippen LogP contribution in [0.1, 0.15) is 48.8 Å². The summed E-state index contributed by atoms with van der Waals surface area (Å²) in [5, 5.41) is 0. The predicted molar refractivity (Wildman–Crippen MR) is 111 cm³/mol. The number of halogens is 3. The van der Waals surface area contributed by atoms with Gasteiger partial charge in [-0.25, -0.2) is 0 Å². The van der Waals surface area contributed by atoms with E-state index in [-0.39, 0.29) is 11.3 Å². The molecule has 2 aromatic rings. The van der Waals surface area contributed by atoms with E-state index in [0.29, 0.717) is 23.3 Å². The highest BCUT2D eigenvalue weighted by atomic mass is 19.4. The topological polar surface area (TPSA) is 76.3 Å². The molecule has 1 aliphatic carbocycles. The molecule has 5 nitrogen and oxygen atoms in total. The first-order valence-electron chi connectivity index (χ1n) is 10.3. The van der Waals surface area contributed by atoms with Gasteiger partial charge < -0.3 is 5.73 Å². The van der Waals surface area contributed by atoms with Crippen LogP contribution in [0.3, 0.4) is 0 Å². The summed E-state index contributed by atoms with van der Waals surface area (Å²) in [6, 6.07) is 7.52. The third-order valence-corrected chi connectivity index (χ3v) is 6.24. The van der Waals surface area contributed by atoms with Crippen LogP contribution in [0.15, 0.2) is 42.7 Å². The van der Waals surface area contributed by atoms with E-state index < -0.39 is 29.4 Å². The fourth-order valence-corrected chi connectivity index (χ4v) is 4.60. The number of nitrogens with zero attached hydrogens (tertiary/aromatic N) is 2. The van der Waals surface area contributed by atoms with Crippen molar-refractivity contribution in [2.24, 2.45) is 11.7 Å². The van der Waals surface area contributed by atoms with Gasteiger partial charge in [-0.3, -0.25) is 19.5 Å². The largest absolute Gasteiger partial charge is 0.471 e. The molecule has 2 amide bonds. The van der Waals surface area contributed by atoms with E-state index in [0.717, 1.165) is 24.8 Å². The molecule has 0 bridgehead atoms. The van der Waals surface area contributed by atoms with Crippen LogP contribution in [0.2, 0.25) is 0 Å². The maximum Gasteiger partial charge on any atom is 0.471 e. The van der Waals surface area contributed by atoms with Crippen molar-refractivity contribution in [3.63, 3.8) is 0 Å². The molecular weight excluding hydrogens is 407 g/mol. The van der Waals surface area contributed by atoms with Crippen molar-refractivity contribution in [3.05, 3.63) is 59.4 Å².